The van der Waals surface area contributed by atoms with Crippen LogP contribution in [0.3, 0.4) is 0 Å². The number of imidazole rings is 2. The van der Waals surface area contributed by atoms with E-state index < -0.39 is 24.5 Å². The van der Waals surface area contributed by atoms with E-state index in [1.165, 1.54) is 18.2 Å². The number of aryl methyl sites for hydroxylation is 1. The van der Waals surface area contributed by atoms with Crippen molar-refractivity contribution >= 4 is 28.0 Å². The molecule has 6 N–H and O–H groups in total. The molecule has 1 aliphatic carbocycles. The van der Waals surface area contributed by atoms with Crippen LogP contribution in [0.25, 0.3) is 22.2 Å². The summed E-state index contributed by atoms with van der Waals surface area (Å²) in [5.74, 6) is 2.26. The van der Waals surface area contributed by atoms with Gasteiger partial charge >= 0.3 is 0 Å². The molecule has 3 aromatic heterocycles. The third kappa shape index (κ3) is 5.51. The molecule has 1 saturated heterocycles. The fraction of sp³-hybridized carbons (Fsp3) is 0.613. The van der Waals surface area contributed by atoms with Gasteiger partial charge in [0.05, 0.1) is 24.0 Å². The first-order valence-electron chi connectivity index (χ1n) is 15.2. The molecule has 6 rings (SSSR count). The number of fused-ring (bicyclic) bond motifs is 2. The summed E-state index contributed by atoms with van der Waals surface area (Å²) >= 11 is 0. The zero-order valence-electron chi connectivity index (χ0n) is 25.6. The van der Waals surface area contributed by atoms with Crippen LogP contribution >= 0.6 is 0 Å². The number of anilines is 1. The molecule has 2 aliphatic rings. The number of hydrogen-bond donors (Lipinski definition) is 5. The fourth-order valence-electron chi connectivity index (χ4n) is 6.87. The third-order valence-corrected chi connectivity index (χ3v) is 9.67. The highest BCUT2D eigenvalue weighted by molar-refractivity contribution is 5.81. The van der Waals surface area contributed by atoms with Crippen LogP contribution in [-0.2, 0) is 21.3 Å². The quantitative estimate of drug-likeness (QED) is 0.175. The number of ether oxygens (including phenoxy) is 2. The van der Waals surface area contributed by atoms with Crippen LogP contribution in [-0.4, -0.2) is 83.8 Å². The SMILES string of the molecule is COCC(C)(C)c1ccc2[nH]c(CCC3CC(NC[C@H]4O[C@@H](n5cnc6c(N)ncnc65)[C@@H](O)[C@H]4O)(C(C)C)C3)nc2c1. The van der Waals surface area contributed by atoms with Gasteiger partial charge in [0.15, 0.2) is 17.7 Å². The Morgan fingerprint density at radius 2 is 2.00 bits per heavy atom. The lowest BCUT2D eigenvalue weighted by molar-refractivity contribution is -0.0422. The Balaban J connectivity index is 1.05. The second kappa shape index (κ2) is 11.4. The monoisotopic (exact) mass is 592 g/mol. The number of H-pyrrole nitrogens is 1. The van der Waals surface area contributed by atoms with Crippen molar-refractivity contribution in [3.05, 3.63) is 42.2 Å². The molecular formula is C31H44N8O4. The summed E-state index contributed by atoms with van der Waals surface area (Å²) in [6.07, 6.45) is 3.31. The number of hydrogen-bond acceptors (Lipinski definition) is 10. The number of nitrogens with one attached hydrogen (secondary N) is 2. The summed E-state index contributed by atoms with van der Waals surface area (Å²) in [5, 5.41) is 25.4. The topological polar surface area (TPSA) is 169 Å². The highest BCUT2D eigenvalue weighted by atomic mass is 16.6. The number of aromatic amines is 1. The first-order chi connectivity index (χ1) is 20.5. The first kappa shape index (κ1) is 29.9. The van der Waals surface area contributed by atoms with Gasteiger partial charge in [-0.05, 0) is 48.8 Å². The Hall–Kier alpha value is -3.16. The van der Waals surface area contributed by atoms with Crippen molar-refractivity contribution in [3.8, 4) is 0 Å². The molecule has 1 aromatic carbocycles. The van der Waals surface area contributed by atoms with Gasteiger partial charge in [-0.1, -0.05) is 33.8 Å². The van der Waals surface area contributed by atoms with Gasteiger partial charge in [-0.15, -0.1) is 0 Å². The van der Waals surface area contributed by atoms with Gasteiger partial charge in [0, 0.05) is 31.0 Å². The molecule has 0 unspecified atom stereocenters. The van der Waals surface area contributed by atoms with E-state index in [9.17, 15) is 10.2 Å². The summed E-state index contributed by atoms with van der Waals surface area (Å²) in [6.45, 7) is 9.92. The van der Waals surface area contributed by atoms with Crippen LogP contribution in [0.1, 0.15) is 64.6 Å². The molecule has 2 fully saturated rings. The molecule has 43 heavy (non-hydrogen) atoms. The Bertz CT molecular complexity index is 1580. The predicted octanol–water partition coefficient (Wildman–Crippen LogP) is 2.86. The van der Waals surface area contributed by atoms with Crippen molar-refractivity contribution in [1.82, 2.24) is 34.8 Å². The minimum absolute atomic E-state index is 0.0458. The van der Waals surface area contributed by atoms with E-state index >= 15 is 0 Å². The van der Waals surface area contributed by atoms with Gasteiger partial charge in [-0.2, -0.15) is 0 Å². The van der Waals surface area contributed by atoms with Gasteiger partial charge in [-0.3, -0.25) is 4.57 Å². The maximum atomic E-state index is 10.9. The maximum Gasteiger partial charge on any atom is 0.167 e. The molecule has 12 heteroatoms. The summed E-state index contributed by atoms with van der Waals surface area (Å²) < 4.78 is 13.2. The van der Waals surface area contributed by atoms with Crippen molar-refractivity contribution in [2.45, 2.75) is 88.9 Å². The number of aliphatic hydroxyl groups is 2. The number of aliphatic hydroxyl groups excluding tert-OH is 2. The van der Waals surface area contributed by atoms with Crippen molar-refractivity contribution in [2.24, 2.45) is 11.8 Å². The predicted molar refractivity (Wildman–Crippen MR) is 163 cm³/mol. The van der Waals surface area contributed by atoms with E-state index in [1.807, 2.05) is 0 Å². The zero-order chi connectivity index (χ0) is 30.5. The minimum atomic E-state index is -1.13. The van der Waals surface area contributed by atoms with Gasteiger partial charge in [-0.25, -0.2) is 19.9 Å². The van der Waals surface area contributed by atoms with E-state index in [1.54, 1.807) is 11.7 Å². The van der Waals surface area contributed by atoms with Crippen molar-refractivity contribution in [3.63, 3.8) is 0 Å². The van der Waals surface area contributed by atoms with Gasteiger partial charge in [0.1, 0.15) is 36.0 Å². The third-order valence-electron chi connectivity index (χ3n) is 9.67. The molecule has 0 bridgehead atoms. The van der Waals surface area contributed by atoms with E-state index in [-0.39, 0.29) is 16.8 Å². The number of nitrogen functional groups attached to an aromatic ring is 1. The minimum Gasteiger partial charge on any atom is -0.387 e. The molecule has 0 spiro atoms. The Labute approximate surface area is 251 Å². The zero-order valence-corrected chi connectivity index (χ0v) is 25.6. The van der Waals surface area contributed by atoms with Gasteiger partial charge in [0.2, 0.25) is 0 Å². The normalized spacial score (nSPS) is 27.9. The Morgan fingerprint density at radius 3 is 2.74 bits per heavy atom. The lowest BCUT2D eigenvalue weighted by Crippen LogP contribution is -2.61. The second-order valence-electron chi connectivity index (χ2n) is 13.4. The molecule has 4 atom stereocenters. The van der Waals surface area contributed by atoms with E-state index in [0.29, 0.717) is 36.2 Å². The van der Waals surface area contributed by atoms with Crippen LogP contribution in [0.4, 0.5) is 5.82 Å². The highest BCUT2D eigenvalue weighted by Crippen LogP contribution is 2.45. The van der Waals surface area contributed by atoms with Crippen LogP contribution in [0.5, 0.6) is 0 Å². The van der Waals surface area contributed by atoms with E-state index in [2.05, 4.69) is 71.1 Å². The second-order valence-corrected chi connectivity index (χ2v) is 13.4. The largest absolute Gasteiger partial charge is 0.387 e. The molecule has 232 valence electrons. The molecule has 4 aromatic rings. The number of methoxy groups -OCH3 is 1. The van der Waals surface area contributed by atoms with Gasteiger partial charge < -0.3 is 35.7 Å². The number of rotatable bonds is 11. The number of aromatic nitrogens is 6. The average molecular weight is 593 g/mol. The number of nitrogens with zero attached hydrogens (tertiary/aromatic N) is 5. The molecule has 4 heterocycles. The first-order valence-corrected chi connectivity index (χ1v) is 15.2. The molecule has 1 aliphatic heterocycles. The molecule has 0 radical (unpaired) electrons. The Kier molecular flexibility index (Phi) is 7.93. The smallest absolute Gasteiger partial charge is 0.167 e. The molecule has 1 saturated carbocycles. The molecule has 12 nitrogen and oxygen atoms in total. The van der Waals surface area contributed by atoms with E-state index in [0.717, 1.165) is 42.5 Å². The lowest BCUT2D eigenvalue weighted by Gasteiger charge is -2.52. The van der Waals surface area contributed by atoms with Crippen LogP contribution in [0.2, 0.25) is 0 Å². The summed E-state index contributed by atoms with van der Waals surface area (Å²) in [4.78, 5) is 20.9. The van der Waals surface area contributed by atoms with Crippen molar-refractivity contribution in [2.75, 3.05) is 26.0 Å². The van der Waals surface area contributed by atoms with E-state index in [4.69, 9.17) is 20.2 Å². The Morgan fingerprint density at radius 1 is 1.21 bits per heavy atom. The van der Waals surface area contributed by atoms with Crippen molar-refractivity contribution in [1.29, 1.82) is 0 Å². The standard InChI is InChI=1S/C31H44N8O4/c1-17(2)31(36-13-22-25(40)26(41)29(43-22)39-16-35-24-27(32)33-15-34-28(24)39)11-18(12-31)6-9-23-37-20-8-7-19(10-21(20)38-23)30(3,4)14-42-5/h7-8,10,15-18,22,25-26,29,36,40-41H,6,9,11-14H2,1-5H3,(H,37,38)(H2,32,33,34)/t18?,22-,25+,26+,29-,31?/m1/s1. The van der Waals surface area contributed by atoms with Gasteiger partial charge in [0.25, 0.3) is 0 Å². The maximum absolute atomic E-state index is 10.9. The highest BCUT2D eigenvalue weighted by Gasteiger charge is 2.49. The summed E-state index contributed by atoms with van der Waals surface area (Å²) in [6, 6.07) is 6.45. The number of nitrogens with two attached hydrogens (primary N) is 1. The van der Waals surface area contributed by atoms with Crippen molar-refractivity contribution < 1.29 is 19.7 Å². The summed E-state index contributed by atoms with van der Waals surface area (Å²) in [7, 11) is 1.74. The molecule has 0 amide bonds. The lowest BCUT2D eigenvalue weighted by atomic mass is 9.61. The van der Waals surface area contributed by atoms with Crippen LogP contribution in [0, 0.1) is 11.8 Å². The fourth-order valence-corrected chi connectivity index (χ4v) is 6.87. The molecular weight excluding hydrogens is 548 g/mol. The van der Waals surface area contributed by atoms with Crippen LogP contribution < -0.4 is 11.1 Å². The van der Waals surface area contributed by atoms with Crippen LogP contribution in [0.15, 0.2) is 30.9 Å². The summed E-state index contributed by atoms with van der Waals surface area (Å²) in [5.41, 5.74) is 9.98. The average Bonchev–Trinajstić information content (AvgIpc) is 3.63. The number of benzene rings is 1.